The first-order valence-corrected chi connectivity index (χ1v) is 7.48. The Labute approximate surface area is 111 Å². The number of nitrogens with two attached hydrogens (primary N) is 1. The zero-order chi connectivity index (χ0) is 12.8. The third-order valence-corrected chi connectivity index (χ3v) is 4.39. The molecule has 2 fully saturated rings. The maximum absolute atomic E-state index is 6.03. The average Bonchev–Trinajstić information content (AvgIpc) is 2.92. The molecule has 2 aliphatic heterocycles. The maximum Gasteiger partial charge on any atom is 0.0702 e. The molecule has 2 N–H and O–H groups in total. The molecule has 0 bridgehead atoms. The molecule has 0 aliphatic carbocycles. The molecule has 2 unspecified atom stereocenters. The van der Waals surface area contributed by atoms with Crippen LogP contribution in [0, 0.1) is 5.92 Å². The van der Waals surface area contributed by atoms with E-state index in [0.717, 1.165) is 52.3 Å². The lowest BCUT2D eigenvalue weighted by Crippen LogP contribution is -2.49. The first kappa shape index (κ1) is 14.3. The summed E-state index contributed by atoms with van der Waals surface area (Å²) in [5.41, 5.74) is 6.03. The molecule has 2 heterocycles. The molecule has 0 amide bonds. The largest absolute Gasteiger partial charge is 0.381 e. The summed E-state index contributed by atoms with van der Waals surface area (Å²) in [6.45, 7) is 7.85. The van der Waals surface area contributed by atoms with Gasteiger partial charge in [-0.15, -0.1) is 0 Å². The molecule has 2 rings (SSSR count). The van der Waals surface area contributed by atoms with E-state index in [1.165, 1.54) is 12.8 Å². The molecule has 4 heteroatoms. The lowest BCUT2D eigenvalue weighted by Gasteiger charge is -2.38. The minimum absolute atomic E-state index is 0.429. The molecule has 2 saturated heterocycles. The van der Waals surface area contributed by atoms with Gasteiger partial charge in [0.05, 0.1) is 6.10 Å². The Hall–Kier alpha value is -0.160. The van der Waals surface area contributed by atoms with Crippen molar-refractivity contribution in [1.29, 1.82) is 0 Å². The quantitative estimate of drug-likeness (QED) is 0.777. The fraction of sp³-hybridized carbons (Fsp3) is 1.00. The van der Waals surface area contributed by atoms with Crippen LogP contribution >= 0.6 is 0 Å². The molecule has 0 aromatic carbocycles. The third kappa shape index (κ3) is 3.67. The second-order valence-electron chi connectivity index (χ2n) is 5.48. The van der Waals surface area contributed by atoms with Crippen LogP contribution in [0.2, 0.25) is 0 Å². The van der Waals surface area contributed by atoms with Crippen molar-refractivity contribution in [3.8, 4) is 0 Å². The van der Waals surface area contributed by atoms with Crippen LogP contribution in [0.25, 0.3) is 0 Å². The predicted molar refractivity (Wildman–Crippen MR) is 72.6 cm³/mol. The fourth-order valence-electron chi connectivity index (χ4n) is 3.29. The molecule has 0 radical (unpaired) electrons. The molecular formula is C14H28N2O2. The Morgan fingerprint density at radius 3 is 2.56 bits per heavy atom. The number of likely N-dealkylation sites (N-methyl/N-ethyl adjacent to an activating group) is 1. The van der Waals surface area contributed by atoms with E-state index in [9.17, 15) is 0 Å². The minimum atomic E-state index is 0.429. The van der Waals surface area contributed by atoms with Crippen molar-refractivity contribution in [1.82, 2.24) is 4.90 Å². The van der Waals surface area contributed by atoms with Crippen molar-refractivity contribution in [2.24, 2.45) is 11.7 Å². The van der Waals surface area contributed by atoms with Crippen molar-refractivity contribution >= 4 is 0 Å². The highest BCUT2D eigenvalue weighted by Crippen LogP contribution is 2.24. The molecule has 0 saturated carbocycles. The van der Waals surface area contributed by atoms with E-state index in [-0.39, 0.29) is 0 Å². The molecule has 4 nitrogen and oxygen atoms in total. The van der Waals surface area contributed by atoms with Crippen LogP contribution in [0.15, 0.2) is 0 Å². The summed E-state index contributed by atoms with van der Waals surface area (Å²) in [6, 6.07) is 0.503. The summed E-state index contributed by atoms with van der Waals surface area (Å²) in [5.74, 6) is 0.699. The topological polar surface area (TPSA) is 47.7 Å². The Bertz CT molecular complexity index is 226. The molecule has 2 atom stereocenters. The van der Waals surface area contributed by atoms with Crippen molar-refractivity contribution < 1.29 is 9.47 Å². The van der Waals surface area contributed by atoms with Crippen molar-refractivity contribution in [2.75, 3.05) is 39.5 Å². The second kappa shape index (κ2) is 7.43. The molecular weight excluding hydrogens is 228 g/mol. The summed E-state index contributed by atoms with van der Waals surface area (Å²) in [7, 11) is 0. The maximum atomic E-state index is 6.03. The van der Waals surface area contributed by atoms with Gasteiger partial charge in [0.2, 0.25) is 0 Å². The third-order valence-electron chi connectivity index (χ3n) is 4.39. The van der Waals surface area contributed by atoms with E-state index in [2.05, 4.69) is 11.8 Å². The monoisotopic (exact) mass is 256 g/mol. The number of ether oxygens (including phenoxy) is 2. The lowest BCUT2D eigenvalue weighted by molar-refractivity contribution is 0.00892. The van der Waals surface area contributed by atoms with Gasteiger partial charge < -0.3 is 15.2 Å². The van der Waals surface area contributed by atoms with Gasteiger partial charge in [0.1, 0.15) is 0 Å². The van der Waals surface area contributed by atoms with Crippen LogP contribution in [0.1, 0.15) is 32.6 Å². The van der Waals surface area contributed by atoms with Crippen molar-refractivity contribution in [3.05, 3.63) is 0 Å². The smallest absolute Gasteiger partial charge is 0.0702 e. The van der Waals surface area contributed by atoms with Gasteiger partial charge in [-0.3, -0.25) is 4.90 Å². The predicted octanol–water partition coefficient (Wildman–Crippen LogP) is 1.24. The van der Waals surface area contributed by atoms with Gasteiger partial charge in [0.15, 0.2) is 0 Å². The second-order valence-corrected chi connectivity index (χ2v) is 5.48. The van der Waals surface area contributed by atoms with Crippen molar-refractivity contribution in [2.45, 2.75) is 44.8 Å². The standard InChI is InChI=1S/C14H28N2O2/c1-2-16(11-13-4-3-7-18-13)14(10-15)12-5-8-17-9-6-12/h12-14H,2-11,15H2,1H3. The van der Waals surface area contributed by atoms with Crippen LogP contribution < -0.4 is 5.73 Å². The first-order valence-electron chi connectivity index (χ1n) is 7.48. The minimum Gasteiger partial charge on any atom is -0.381 e. The Morgan fingerprint density at radius 1 is 1.22 bits per heavy atom. The van der Waals surface area contributed by atoms with Crippen molar-refractivity contribution in [3.63, 3.8) is 0 Å². The molecule has 18 heavy (non-hydrogen) atoms. The lowest BCUT2D eigenvalue weighted by atomic mass is 9.90. The van der Waals surface area contributed by atoms with E-state index in [4.69, 9.17) is 15.2 Å². The van der Waals surface area contributed by atoms with E-state index < -0.39 is 0 Å². The van der Waals surface area contributed by atoms with Crippen LogP contribution in [-0.2, 0) is 9.47 Å². The summed E-state index contributed by atoms with van der Waals surface area (Å²) in [5, 5.41) is 0. The summed E-state index contributed by atoms with van der Waals surface area (Å²) >= 11 is 0. The van der Waals surface area contributed by atoms with Gasteiger partial charge in [-0.25, -0.2) is 0 Å². The Balaban J connectivity index is 1.89. The zero-order valence-electron chi connectivity index (χ0n) is 11.6. The first-order chi connectivity index (χ1) is 8.85. The normalized spacial score (nSPS) is 27.8. The number of rotatable bonds is 6. The van der Waals surface area contributed by atoms with E-state index in [1.54, 1.807) is 0 Å². The highest BCUT2D eigenvalue weighted by atomic mass is 16.5. The molecule has 0 aromatic rings. The van der Waals surface area contributed by atoms with Crippen LogP contribution in [-0.4, -0.2) is 56.5 Å². The Morgan fingerprint density at radius 2 is 2.00 bits per heavy atom. The highest BCUT2D eigenvalue weighted by molar-refractivity contribution is 4.83. The van der Waals surface area contributed by atoms with Gasteiger partial charge in [-0.05, 0) is 38.1 Å². The molecule has 106 valence electrons. The van der Waals surface area contributed by atoms with E-state index >= 15 is 0 Å². The van der Waals surface area contributed by atoms with Crippen LogP contribution in [0.5, 0.6) is 0 Å². The summed E-state index contributed by atoms with van der Waals surface area (Å²) < 4.78 is 11.2. The number of hydrogen-bond donors (Lipinski definition) is 1. The van der Waals surface area contributed by atoms with Gasteiger partial charge in [0.25, 0.3) is 0 Å². The number of nitrogens with zero attached hydrogens (tertiary/aromatic N) is 1. The average molecular weight is 256 g/mol. The Kier molecular flexibility index (Phi) is 5.89. The molecule has 0 aromatic heterocycles. The van der Waals surface area contributed by atoms with Gasteiger partial charge in [0, 0.05) is 39.0 Å². The van der Waals surface area contributed by atoms with Crippen LogP contribution in [0.3, 0.4) is 0 Å². The summed E-state index contributed by atoms with van der Waals surface area (Å²) in [6.07, 6.45) is 5.17. The van der Waals surface area contributed by atoms with Crippen LogP contribution in [0.4, 0.5) is 0 Å². The number of hydrogen-bond acceptors (Lipinski definition) is 4. The van der Waals surface area contributed by atoms with E-state index in [1.807, 2.05) is 0 Å². The molecule has 2 aliphatic rings. The zero-order valence-corrected chi connectivity index (χ0v) is 11.6. The fourth-order valence-corrected chi connectivity index (χ4v) is 3.29. The summed E-state index contributed by atoms with van der Waals surface area (Å²) in [4.78, 5) is 2.53. The SMILES string of the molecule is CCN(CC1CCCO1)C(CN)C1CCOCC1. The van der Waals surface area contributed by atoms with Gasteiger partial charge in [-0.2, -0.15) is 0 Å². The molecule has 0 spiro atoms. The van der Waals surface area contributed by atoms with E-state index in [0.29, 0.717) is 18.1 Å². The van der Waals surface area contributed by atoms with Gasteiger partial charge >= 0.3 is 0 Å². The highest BCUT2D eigenvalue weighted by Gasteiger charge is 2.29. The van der Waals surface area contributed by atoms with Gasteiger partial charge in [-0.1, -0.05) is 6.92 Å².